The Hall–Kier alpha value is -2.71. The molecule has 0 atom stereocenters. The molecule has 0 radical (unpaired) electrons. The highest BCUT2D eigenvalue weighted by molar-refractivity contribution is 7.89. The Morgan fingerprint density at radius 1 is 1.12 bits per heavy atom. The first kappa shape index (κ1) is 18.1. The molecule has 7 nitrogen and oxygen atoms in total. The number of H-pyrrole nitrogens is 1. The van der Waals surface area contributed by atoms with Crippen molar-refractivity contribution in [2.45, 2.75) is 18.2 Å². The monoisotopic (exact) mass is 373 g/mol. The molecular formula is C18H19N3O4S. The van der Waals surface area contributed by atoms with Gasteiger partial charge in [0.05, 0.1) is 9.82 Å². The number of nitro groups is 1. The summed E-state index contributed by atoms with van der Waals surface area (Å²) in [7, 11) is -2.19. The number of fused-ring (bicyclic) bond motifs is 1. The van der Waals surface area contributed by atoms with Gasteiger partial charge in [-0.15, -0.1) is 0 Å². The average molecular weight is 373 g/mol. The lowest BCUT2D eigenvalue weighted by Gasteiger charge is -2.17. The van der Waals surface area contributed by atoms with Crippen molar-refractivity contribution < 1.29 is 13.3 Å². The molecule has 3 rings (SSSR count). The third-order valence-corrected chi connectivity index (χ3v) is 6.33. The van der Waals surface area contributed by atoms with Crippen LogP contribution in [0, 0.1) is 17.0 Å². The van der Waals surface area contributed by atoms with Crippen LogP contribution in [-0.2, 0) is 16.4 Å². The summed E-state index contributed by atoms with van der Waals surface area (Å²) in [5, 5.41) is 11.8. The van der Waals surface area contributed by atoms with E-state index in [4.69, 9.17) is 0 Å². The van der Waals surface area contributed by atoms with E-state index in [1.165, 1.54) is 35.6 Å². The number of nitrogens with one attached hydrogen (secondary N) is 1. The van der Waals surface area contributed by atoms with Gasteiger partial charge in [-0.25, -0.2) is 12.7 Å². The summed E-state index contributed by atoms with van der Waals surface area (Å²) in [6.07, 6.45) is 0.568. The molecule has 26 heavy (non-hydrogen) atoms. The molecule has 0 amide bonds. The zero-order chi connectivity index (χ0) is 18.9. The van der Waals surface area contributed by atoms with E-state index in [2.05, 4.69) is 4.98 Å². The number of nitrogens with zero attached hydrogens (tertiary/aromatic N) is 2. The number of likely N-dealkylation sites (N-methyl/N-ethyl adjacent to an activating group) is 1. The van der Waals surface area contributed by atoms with E-state index in [9.17, 15) is 18.5 Å². The standard InChI is InChI=1S/C18H19N3O4S/c1-13-16(17-5-3-4-6-18(17)19-13)11-12-20(2)26(24,25)15-9-7-14(8-10-15)21(22)23/h3-10,19H,11-12H2,1-2H3. The number of para-hydroxylation sites is 1. The Labute approximate surface area is 151 Å². The van der Waals surface area contributed by atoms with Gasteiger partial charge in [0.2, 0.25) is 10.0 Å². The summed E-state index contributed by atoms with van der Waals surface area (Å²) in [6, 6.07) is 12.8. The van der Waals surface area contributed by atoms with Crippen molar-refractivity contribution in [1.29, 1.82) is 0 Å². The van der Waals surface area contributed by atoms with Gasteiger partial charge in [-0.1, -0.05) is 18.2 Å². The summed E-state index contributed by atoms with van der Waals surface area (Å²) in [6.45, 7) is 2.28. The molecule has 136 valence electrons. The summed E-state index contributed by atoms with van der Waals surface area (Å²) in [4.78, 5) is 13.5. The highest BCUT2D eigenvalue weighted by Gasteiger charge is 2.22. The molecule has 1 aromatic heterocycles. The third kappa shape index (κ3) is 3.33. The number of benzene rings is 2. The van der Waals surface area contributed by atoms with Crippen LogP contribution in [-0.4, -0.2) is 36.2 Å². The molecular weight excluding hydrogens is 354 g/mol. The Bertz CT molecular complexity index is 1060. The number of rotatable bonds is 6. The van der Waals surface area contributed by atoms with Crippen molar-refractivity contribution in [2.24, 2.45) is 0 Å². The predicted octanol–water partition coefficient (Wildman–Crippen LogP) is 3.25. The van der Waals surface area contributed by atoms with Crippen LogP contribution in [0.2, 0.25) is 0 Å². The lowest BCUT2D eigenvalue weighted by atomic mass is 10.1. The van der Waals surface area contributed by atoms with Crippen LogP contribution < -0.4 is 0 Å². The van der Waals surface area contributed by atoms with Crippen LogP contribution in [0.15, 0.2) is 53.4 Å². The van der Waals surface area contributed by atoms with Gasteiger partial charge in [-0.3, -0.25) is 10.1 Å². The molecule has 0 spiro atoms. The molecule has 2 aromatic carbocycles. The zero-order valence-corrected chi connectivity index (χ0v) is 15.3. The van der Waals surface area contributed by atoms with Crippen LogP contribution in [0.25, 0.3) is 10.9 Å². The fraction of sp³-hybridized carbons (Fsp3) is 0.222. The molecule has 0 fully saturated rings. The highest BCUT2D eigenvalue weighted by Crippen LogP contribution is 2.24. The molecule has 1 heterocycles. The number of aryl methyl sites for hydroxylation is 1. The number of nitro benzene ring substituents is 1. The molecule has 3 aromatic rings. The first-order valence-corrected chi connectivity index (χ1v) is 9.51. The van der Waals surface area contributed by atoms with Gasteiger partial charge in [0.25, 0.3) is 5.69 Å². The van der Waals surface area contributed by atoms with Gasteiger partial charge in [-0.05, 0) is 37.1 Å². The Balaban J connectivity index is 1.79. The number of hydrogen-bond donors (Lipinski definition) is 1. The largest absolute Gasteiger partial charge is 0.358 e. The van der Waals surface area contributed by atoms with Crippen molar-refractivity contribution in [3.63, 3.8) is 0 Å². The van der Waals surface area contributed by atoms with Crippen molar-refractivity contribution in [3.05, 3.63) is 69.9 Å². The minimum absolute atomic E-state index is 0.0428. The molecule has 0 aliphatic heterocycles. The molecule has 0 saturated heterocycles. The second kappa shape index (κ2) is 6.89. The van der Waals surface area contributed by atoms with Crippen LogP contribution in [0.5, 0.6) is 0 Å². The van der Waals surface area contributed by atoms with Crippen molar-refractivity contribution in [2.75, 3.05) is 13.6 Å². The second-order valence-corrected chi connectivity index (χ2v) is 8.15. The van der Waals surface area contributed by atoms with Crippen LogP contribution >= 0.6 is 0 Å². The molecule has 0 aliphatic carbocycles. The summed E-state index contributed by atoms with van der Waals surface area (Å²) in [5.41, 5.74) is 3.00. The van der Waals surface area contributed by atoms with Crippen molar-refractivity contribution >= 4 is 26.6 Å². The quantitative estimate of drug-likeness (QED) is 0.530. The van der Waals surface area contributed by atoms with E-state index in [0.29, 0.717) is 13.0 Å². The van der Waals surface area contributed by atoms with Gasteiger partial charge in [-0.2, -0.15) is 0 Å². The maximum absolute atomic E-state index is 12.7. The predicted molar refractivity (Wildman–Crippen MR) is 99.7 cm³/mol. The smallest absolute Gasteiger partial charge is 0.269 e. The van der Waals surface area contributed by atoms with E-state index in [1.807, 2.05) is 31.2 Å². The fourth-order valence-corrected chi connectivity index (χ4v) is 4.14. The SMILES string of the molecule is Cc1[nH]c2ccccc2c1CCN(C)S(=O)(=O)c1ccc([N+](=O)[O-])cc1. The molecule has 0 aliphatic rings. The topological polar surface area (TPSA) is 96.3 Å². The Kier molecular flexibility index (Phi) is 4.80. The van der Waals surface area contributed by atoms with Crippen LogP contribution in [0.1, 0.15) is 11.3 Å². The molecule has 1 N–H and O–H groups in total. The van der Waals surface area contributed by atoms with Crippen LogP contribution in [0.3, 0.4) is 0 Å². The normalized spacial score (nSPS) is 12.0. The van der Waals surface area contributed by atoms with E-state index < -0.39 is 14.9 Å². The lowest BCUT2D eigenvalue weighted by molar-refractivity contribution is -0.384. The van der Waals surface area contributed by atoms with Gasteiger partial charge in [0.15, 0.2) is 0 Å². The molecule has 8 heteroatoms. The number of hydrogen-bond acceptors (Lipinski definition) is 4. The minimum Gasteiger partial charge on any atom is -0.358 e. The Morgan fingerprint density at radius 3 is 2.42 bits per heavy atom. The maximum Gasteiger partial charge on any atom is 0.269 e. The Morgan fingerprint density at radius 2 is 1.77 bits per heavy atom. The first-order chi connectivity index (χ1) is 12.3. The van der Waals surface area contributed by atoms with Gasteiger partial charge < -0.3 is 4.98 Å². The summed E-state index contributed by atoms with van der Waals surface area (Å²) >= 11 is 0. The highest BCUT2D eigenvalue weighted by atomic mass is 32.2. The first-order valence-electron chi connectivity index (χ1n) is 8.07. The molecule has 0 saturated carbocycles. The zero-order valence-electron chi connectivity index (χ0n) is 14.5. The second-order valence-electron chi connectivity index (χ2n) is 6.10. The van der Waals surface area contributed by atoms with E-state index >= 15 is 0 Å². The third-order valence-electron chi connectivity index (χ3n) is 4.46. The van der Waals surface area contributed by atoms with Crippen LogP contribution in [0.4, 0.5) is 5.69 Å². The minimum atomic E-state index is -3.70. The lowest BCUT2D eigenvalue weighted by Crippen LogP contribution is -2.29. The van der Waals surface area contributed by atoms with E-state index in [0.717, 1.165) is 22.2 Å². The maximum atomic E-state index is 12.7. The van der Waals surface area contributed by atoms with E-state index in [-0.39, 0.29) is 10.6 Å². The molecule has 0 unspecified atom stereocenters. The van der Waals surface area contributed by atoms with Crippen molar-refractivity contribution in [1.82, 2.24) is 9.29 Å². The van der Waals surface area contributed by atoms with E-state index in [1.54, 1.807) is 0 Å². The van der Waals surface area contributed by atoms with Gasteiger partial charge in [0, 0.05) is 42.3 Å². The van der Waals surface area contributed by atoms with Gasteiger partial charge >= 0.3 is 0 Å². The number of aromatic nitrogens is 1. The summed E-state index contributed by atoms with van der Waals surface area (Å²) in [5.74, 6) is 0. The van der Waals surface area contributed by atoms with Crippen molar-refractivity contribution in [3.8, 4) is 0 Å². The molecule has 0 bridgehead atoms. The number of aromatic amines is 1. The summed E-state index contributed by atoms with van der Waals surface area (Å²) < 4.78 is 26.6. The fourth-order valence-electron chi connectivity index (χ4n) is 2.97. The average Bonchev–Trinajstić information content (AvgIpc) is 2.94. The number of non-ortho nitro benzene ring substituents is 1. The van der Waals surface area contributed by atoms with Gasteiger partial charge in [0.1, 0.15) is 0 Å². The number of sulfonamides is 1.